The Morgan fingerprint density at radius 3 is 2.41 bits per heavy atom. The molecule has 0 bridgehead atoms. The number of ether oxygens (including phenoxy) is 1. The van der Waals surface area contributed by atoms with Gasteiger partial charge in [0.1, 0.15) is 11.6 Å². The van der Waals surface area contributed by atoms with E-state index in [1.54, 1.807) is 26.8 Å². The van der Waals surface area contributed by atoms with Crippen LogP contribution in [0.25, 0.3) is 11.3 Å². The lowest BCUT2D eigenvalue weighted by Gasteiger charge is -2.21. The summed E-state index contributed by atoms with van der Waals surface area (Å²) in [5.41, 5.74) is -0.331. The number of nitrogens with one attached hydrogen (secondary N) is 2. The quantitative estimate of drug-likeness (QED) is 0.798. The Balaban J connectivity index is 1.98. The molecule has 0 aliphatic heterocycles. The summed E-state index contributed by atoms with van der Waals surface area (Å²) in [5.74, 6) is -2.22. The molecule has 0 spiro atoms. The summed E-state index contributed by atoms with van der Waals surface area (Å²) in [5, 5.41) is 4.64. The van der Waals surface area contributed by atoms with Crippen molar-refractivity contribution in [2.45, 2.75) is 39.3 Å². The van der Waals surface area contributed by atoms with Crippen molar-refractivity contribution in [1.82, 2.24) is 10.6 Å². The SMILES string of the molecule is C[C@H](OC(=O)c1ccc(-c2ccccc2F)o1)C(=O)NC(=O)NC(C)(C)C. The standard InChI is InChI=1S/C19H21FN2O5/c1-11(16(23)21-18(25)22-19(2,3)4)26-17(24)15-10-9-14(27-15)12-7-5-6-8-13(12)20/h5-11H,1-4H3,(H2,21,22,23,25)/t11-/m0/s1. The number of esters is 1. The molecule has 1 atom stereocenters. The van der Waals surface area contributed by atoms with Gasteiger partial charge in [-0.25, -0.2) is 14.0 Å². The van der Waals surface area contributed by atoms with Crippen LogP contribution in [0.4, 0.5) is 9.18 Å². The molecule has 2 N–H and O–H groups in total. The summed E-state index contributed by atoms with van der Waals surface area (Å²) >= 11 is 0. The van der Waals surface area contributed by atoms with Gasteiger partial charge < -0.3 is 14.5 Å². The molecule has 27 heavy (non-hydrogen) atoms. The zero-order valence-electron chi connectivity index (χ0n) is 15.5. The maximum Gasteiger partial charge on any atom is 0.375 e. The number of hydrogen-bond acceptors (Lipinski definition) is 5. The molecule has 0 unspecified atom stereocenters. The number of carbonyl (C=O) groups excluding carboxylic acids is 3. The number of imide groups is 1. The largest absolute Gasteiger partial charge is 0.449 e. The van der Waals surface area contributed by atoms with Crippen LogP contribution in [0.2, 0.25) is 0 Å². The number of carbonyl (C=O) groups is 3. The van der Waals surface area contributed by atoms with Crippen molar-refractivity contribution in [1.29, 1.82) is 0 Å². The van der Waals surface area contributed by atoms with Crippen LogP contribution in [0.3, 0.4) is 0 Å². The van der Waals surface area contributed by atoms with Gasteiger partial charge in [-0.15, -0.1) is 0 Å². The van der Waals surface area contributed by atoms with Crippen molar-refractivity contribution < 1.29 is 27.9 Å². The molecule has 0 fully saturated rings. The fourth-order valence-corrected chi connectivity index (χ4v) is 2.11. The van der Waals surface area contributed by atoms with Crippen molar-refractivity contribution >= 4 is 17.9 Å². The Kier molecular flexibility index (Phi) is 5.99. The highest BCUT2D eigenvalue weighted by Gasteiger charge is 2.24. The molecule has 0 aliphatic carbocycles. The smallest absolute Gasteiger partial charge is 0.375 e. The van der Waals surface area contributed by atoms with E-state index in [1.165, 1.54) is 37.3 Å². The molecular weight excluding hydrogens is 355 g/mol. The lowest BCUT2D eigenvalue weighted by atomic mass is 10.1. The topological polar surface area (TPSA) is 97.6 Å². The van der Waals surface area contributed by atoms with E-state index in [-0.39, 0.29) is 17.1 Å². The molecule has 3 amide bonds. The molecule has 1 aromatic heterocycles. The lowest BCUT2D eigenvalue weighted by Crippen LogP contribution is -2.50. The van der Waals surface area contributed by atoms with Gasteiger partial charge in [-0.05, 0) is 52.0 Å². The van der Waals surface area contributed by atoms with Crippen LogP contribution in [-0.2, 0) is 9.53 Å². The predicted molar refractivity (Wildman–Crippen MR) is 95.4 cm³/mol. The number of rotatable bonds is 4. The second kappa shape index (κ2) is 8.03. The van der Waals surface area contributed by atoms with Crippen LogP contribution >= 0.6 is 0 Å². The predicted octanol–water partition coefficient (Wildman–Crippen LogP) is 3.26. The van der Waals surface area contributed by atoms with Gasteiger partial charge >= 0.3 is 12.0 Å². The van der Waals surface area contributed by atoms with Crippen LogP contribution in [0.15, 0.2) is 40.8 Å². The average molecular weight is 376 g/mol. The molecule has 0 saturated carbocycles. The van der Waals surface area contributed by atoms with Gasteiger partial charge in [0.25, 0.3) is 5.91 Å². The van der Waals surface area contributed by atoms with E-state index in [1.807, 2.05) is 0 Å². The Morgan fingerprint density at radius 1 is 1.11 bits per heavy atom. The molecule has 1 heterocycles. The average Bonchev–Trinajstić information content (AvgIpc) is 3.03. The first kappa shape index (κ1) is 20.2. The van der Waals surface area contributed by atoms with Crippen LogP contribution in [0.1, 0.15) is 38.2 Å². The third-order valence-electron chi connectivity index (χ3n) is 3.32. The van der Waals surface area contributed by atoms with E-state index in [9.17, 15) is 18.8 Å². The summed E-state index contributed by atoms with van der Waals surface area (Å²) in [4.78, 5) is 35.7. The molecule has 7 nitrogen and oxygen atoms in total. The highest BCUT2D eigenvalue weighted by molar-refractivity contribution is 5.98. The van der Waals surface area contributed by atoms with Crippen molar-refractivity contribution in [3.8, 4) is 11.3 Å². The zero-order chi connectivity index (χ0) is 20.2. The molecule has 0 saturated heterocycles. The van der Waals surface area contributed by atoms with Gasteiger partial charge in [0.2, 0.25) is 5.76 Å². The molecule has 0 aliphatic rings. The summed E-state index contributed by atoms with van der Waals surface area (Å²) in [6.45, 7) is 6.58. The van der Waals surface area contributed by atoms with Crippen molar-refractivity contribution in [3.05, 3.63) is 48.0 Å². The third kappa shape index (κ3) is 5.67. The fraction of sp³-hybridized carbons (Fsp3) is 0.316. The number of amides is 3. The van der Waals surface area contributed by atoms with Crippen LogP contribution in [-0.4, -0.2) is 29.6 Å². The molecule has 2 aromatic rings. The Hall–Kier alpha value is -3.16. The minimum atomic E-state index is -1.23. The lowest BCUT2D eigenvalue weighted by molar-refractivity contribution is -0.128. The summed E-state index contributed by atoms with van der Waals surface area (Å²) < 4.78 is 24.1. The summed E-state index contributed by atoms with van der Waals surface area (Å²) in [6, 6.07) is 7.99. The molecule has 8 heteroatoms. The maximum atomic E-state index is 13.8. The number of urea groups is 1. The van der Waals surface area contributed by atoms with Gasteiger partial charge in [0.05, 0.1) is 5.56 Å². The van der Waals surface area contributed by atoms with E-state index >= 15 is 0 Å². The monoisotopic (exact) mass is 376 g/mol. The molecule has 1 aromatic carbocycles. The zero-order valence-corrected chi connectivity index (χ0v) is 15.5. The maximum absolute atomic E-state index is 13.8. The first-order valence-electron chi connectivity index (χ1n) is 8.25. The Morgan fingerprint density at radius 2 is 1.78 bits per heavy atom. The van der Waals surface area contributed by atoms with Crippen LogP contribution in [0, 0.1) is 5.82 Å². The van der Waals surface area contributed by atoms with Gasteiger partial charge in [-0.1, -0.05) is 12.1 Å². The Labute approximate surface area is 155 Å². The Bertz CT molecular complexity index is 854. The van der Waals surface area contributed by atoms with Crippen molar-refractivity contribution in [2.24, 2.45) is 0 Å². The van der Waals surface area contributed by atoms with E-state index in [2.05, 4.69) is 10.6 Å². The van der Waals surface area contributed by atoms with Gasteiger partial charge in [0.15, 0.2) is 6.10 Å². The highest BCUT2D eigenvalue weighted by Crippen LogP contribution is 2.25. The minimum absolute atomic E-state index is 0.154. The summed E-state index contributed by atoms with van der Waals surface area (Å²) in [7, 11) is 0. The fourth-order valence-electron chi connectivity index (χ4n) is 2.11. The van der Waals surface area contributed by atoms with Gasteiger partial charge in [-0.3, -0.25) is 10.1 Å². The minimum Gasteiger partial charge on any atom is -0.449 e. The van der Waals surface area contributed by atoms with E-state index in [4.69, 9.17) is 9.15 Å². The molecular formula is C19H21FN2O5. The van der Waals surface area contributed by atoms with Gasteiger partial charge in [-0.2, -0.15) is 0 Å². The van der Waals surface area contributed by atoms with E-state index in [0.717, 1.165) is 0 Å². The van der Waals surface area contributed by atoms with Crippen molar-refractivity contribution in [2.75, 3.05) is 0 Å². The second-order valence-corrected chi connectivity index (χ2v) is 6.88. The molecule has 2 rings (SSSR count). The first-order chi connectivity index (χ1) is 12.6. The van der Waals surface area contributed by atoms with Crippen LogP contribution in [0.5, 0.6) is 0 Å². The van der Waals surface area contributed by atoms with E-state index in [0.29, 0.717) is 0 Å². The van der Waals surface area contributed by atoms with Crippen molar-refractivity contribution in [3.63, 3.8) is 0 Å². The first-order valence-corrected chi connectivity index (χ1v) is 8.25. The highest BCUT2D eigenvalue weighted by atomic mass is 19.1. The second-order valence-electron chi connectivity index (χ2n) is 6.88. The normalized spacial score (nSPS) is 12.2. The number of furan rings is 1. The third-order valence-corrected chi connectivity index (χ3v) is 3.32. The van der Waals surface area contributed by atoms with E-state index < -0.39 is 35.4 Å². The number of hydrogen-bond donors (Lipinski definition) is 2. The number of benzene rings is 1. The molecule has 144 valence electrons. The van der Waals surface area contributed by atoms with Gasteiger partial charge in [0, 0.05) is 5.54 Å². The number of halogens is 1. The molecule has 0 radical (unpaired) electrons. The van der Waals surface area contributed by atoms with Crippen LogP contribution < -0.4 is 10.6 Å². The summed E-state index contributed by atoms with van der Waals surface area (Å²) in [6.07, 6.45) is -1.23.